The van der Waals surface area contributed by atoms with Gasteiger partial charge in [-0.2, -0.15) is 0 Å². The van der Waals surface area contributed by atoms with Gasteiger partial charge in [0.15, 0.2) is 5.16 Å². The number of carbonyl (C=O) groups excluding carboxylic acids is 1. The van der Waals surface area contributed by atoms with Gasteiger partial charge in [-0.15, -0.1) is 11.3 Å². The summed E-state index contributed by atoms with van der Waals surface area (Å²) in [4.78, 5) is 30.2. The standard InChI is InChI=1S/C22H18FN3O2S2/c1-13-7-8-15(11-16(13)23)24-19(27)12-30-22-25-17-9-10-29-20(17)21(28)26(22)18-6-4-3-5-14(18)2/h3-11H,12H2,1-2H3,(H,24,27). The van der Waals surface area contributed by atoms with E-state index in [1.807, 2.05) is 36.6 Å². The Balaban J connectivity index is 1.64. The molecule has 0 aliphatic rings. The van der Waals surface area contributed by atoms with Crippen molar-refractivity contribution in [3.05, 3.63) is 81.2 Å². The molecule has 2 aromatic carbocycles. The maximum atomic E-state index is 13.7. The number of nitrogens with one attached hydrogen (secondary N) is 1. The van der Waals surface area contributed by atoms with Crippen LogP contribution >= 0.6 is 23.1 Å². The van der Waals surface area contributed by atoms with Crippen LogP contribution in [0.4, 0.5) is 10.1 Å². The fourth-order valence-electron chi connectivity index (χ4n) is 3.01. The van der Waals surface area contributed by atoms with Crippen molar-refractivity contribution < 1.29 is 9.18 Å². The average molecular weight is 440 g/mol. The minimum atomic E-state index is -0.376. The van der Waals surface area contributed by atoms with E-state index in [2.05, 4.69) is 10.3 Å². The molecule has 1 amide bonds. The minimum Gasteiger partial charge on any atom is -0.325 e. The second kappa shape index (κ2) is 8.41. The van der Waals surface area contributed by atoms with E-state index in [1.54, 1.807) is 29.7 Å². The number of hydrogen-bond acceptors (Lipinski definition) is 5. The van der Waals surface area contributed by atoms with Gasteiger partial charge in [-0.25, -0.2) is 9.37 Å². The first-order chi connectivity index (χ1) is 14.4. The van der Waals surface area contributed by atoms with Crippen LogP contribution in [0.5, 0.6) is 0 Å². The number of aryl methyl sites for hydroxylation is 2. The van der Waals surface area contributed by atoms with Gasteiger partial charge in [0.05, 0.1) is 17.0 Å². The van der Waals surface area contributed by atoms with Gasteiger partial charge in [0, 0.05) is 5.69 Å². The summed E-state index contributed by atoms with van der Waals surface area (Å²) in [6.45, 7) is 3.58. The van der Waals surface area contributed by atoms with Crippen molar-refractivity contribution in [1.29, 1.82) is 0 Å². The van der Waals surface area contributed by atoms with Gasteiger partial charge in [-0.05, 0) is 54.6 Å². The van der Waals surface area contributed by atoms with Crippen LogP contribution in [0.2, 0.25) is 0 Å². The van der Waals surface area contributed by atoms with Crippen LogP contribution in [0.3, 0.4) is 0 Å². The molecule has 30 heavy (non-hydrogen) atoms. The number of rotatable bonds is 5. The number of amides is 1. The summed E-state index contributed by atoms with van der Waals surface area (Å²) in [6, 6.07) is 13.9. The number of hydrogen-bond donors (Lipinski definition) is 1. The molecule has 0 aliphatic heterocycles. The summed E-state index contributed by atoms with van der Waals surface area (Å²) in [5, 5.41) is 4.95. The molecule has 0 radical (unpaired) electrons. The zero-order valence-corrected chi connectivity index (χ0v) is 17.9. The highest BCUT2D eigenvalue weighted by molar-refractivity contribution is 7.99. The number of fused-ring (bicyclic) bond motifs is 1. The highest BCUT2D eigenvalue weighted by Crippen LogP contribution is 2.25. The lowest BCUT2D eigenvalue weighted by Crippen LogP contribution is -2.22. The summed E-state index contributed by atoms with van der Waals surface area (Å²) in [6.07, 6.45) is 0. The molecule has 4 rings (SSSR count). The third-order valence-electron chi connectivity index (χ3n) is 4.59. The fraction of sp³-hybridized carbons (Fsp3) is 0.136. The van der Waals surface area contributed by atoms with Crippen LogP contribution in [0.15, 0.2) is 63.9 Å². The maximum absolute atomic E-state index is 13.7. The summed E-state index contributed by atoms with van der Waals surface area (Å²) in [5.41, 5.74) is 3.01. The van der Waals surface area contributed by atoms with Crippen molar-refractivity contribution in [1.82, 2.24) is 9.55 Å². The van der Waals surface area contributed by atoms with Gasteiger partial charge in [0.2, 0.25) is 5.91 Å². The fourth-order valence-corrected chi connectivity index (χ4v) is 4.58. The zero-order chi connectivity index (χ0) is 21.3. The SMILES string of the molecule is Cc1ccc(NC(=O)CSc2nc3ccsc3c(=O)n2-c2ccccc2C)cc1F. The van der Waals surface area contributed by atoms with E-state index < -0.39 is 0 Å². The molecule has 0 bridgehead atoms. The van der Waals surface area contributed by atoms with Crippen molar-refractivity contribution in [3.8, 4) is 5.69 Å². The lowest BCUT2D eigenvalue weighted by molar-refractivity contribution is -0.113. The molecule has 0 atom stereocenters. The molecule has 5 nitrogen and oxygen atoms in total. The molecule has 0 aliphatic carbocycles. The van der Waals surface area contributed by atoms with Crippen LogP contribution in [-0.4, -0.2) is 21.2 Å². The average Bonchev–Trinajstić information content (AvgIpc) is 3.19. The predicted molar refractivity (Wildman–Crippen MR) is 120 cm³/mol. The van der Waals surface area contributed by atoms with Gasteiger partial charge >= 0.3 is 0 Å². The highest BCUT2D eigenvalue weighted by Gasteiger charge is 2.17. The number of halogens is 1. The van der Waals surface area contributed by atoms with Crippen molar-refractivity contribution in [2.45, 2.75) is 19.0 Å². The molecule has 1 N–H and O–H groups in total. The lowest BCUT2D eigenvalue weighted by Gasteiger charge is -2.14. The Morgan fingerprint density at radius 1 is 1.17 bits per heavy atom. The maximum Gasteiger partial charge on any atom is 0.276 e. The Morgan fingerprint density at radius 3 is 2.73 bits per heavy atom. The summed E-state index contributed by atoms with van der Waals surface area (Å²) in [7, 11) is 0. The number of para-hydroxylation sites is 1. The topological polar surface area (TPSA) is 64.0 Å². The van der Waals surface area contributed by atoms with E-state index >= 15 is 0 Å². The van der Waals surface area contributed by atoms with E-state index in [1.165, 1.54) is 29.2 Å². The molecular formula is C22H18FN3O2S2. The summed E-state index contributed by atoms with van der Waals surface area (Å²) in [5.74, 6) is -0.652. The van der Waals surface area contributed by atoms with E-state index in [0.717, 1.165) is 11.3 Å². The van der Waals surface area contributed by atoms with Crippen molar-refractivity contribution in [2.24, 2.45) is 0 Å². The van der Waals surface area contributed by atoms with Crippen molar-refractivity contribution >= 4 is 44.9 Å². The zero-order valence-electron chi connectivity index (χ0n) is 16.3. The Labute approximate surface area is 180 Å². The van der Waals surface area contributed by atoms with Gasteiger partial charge in [0.25, 0.3) is 5.56 Å². The normalized spacial score (nSPS) is 11.0. The third kappa shape index (κ3) is 4.01. The minimum absolute atomic E-state index is 0.0312. The molecule has 8 heteroatoms. The lowest BCUT2D eigenvalue weighted by atomic mass is 10.2. The Bertz CT molecular complexity index is 1310. The van der Waals surface area contributed by atoms with Crippen LogP contribution < -0.4 is 10.9 Å². The molecule has 0 saturated heterocycles. The second-order valence-corrected chi connectivity index (χ2v) is 8.62. The molecule has 0 saturated carbocycles. The molecule has 0 fully saturated rings. The van der Waals surface area contributed by atoms with Crippen molar-refractivity contribution in [2.75, 3.05) is 11.1 Å². The van der Waals surface area contributed by atoms with E-state index in [9.17, 15) is 14.0 Å². The Hall–Kier alpha value is -2.97. The molecule has 4 aromatic rings. The Morgan fingerprint density at radius 2 is 1.97 bits per heavy atom. The summed E-state index contributed by atoms with van der Waals surface area (Å²) < 4.78 is 15.8. The van der Waals surface area contributed by atoms with Crippen molar-refractivity contribution in [3.63, 3.8) is 0 Å². The molecule has 2 aromatic heterocycles. The highest BCUT2D eigenvalue weighted by atomic mass is 32.2. The first-order valence-corrected chi connectivity index (χ1v) is 11.1. The third-order valence-corrected chi connectivity index (χ3v) is 6.42. The quantitative estimate of drug-likeness (QED) is 0.354. The van der Waals surface area contributed by atoms with E-state index in [4.69, 9.17) is 0 Å². The monoisotopic (exact) mass is 439 g/mol. The Kier molecular flexibility index (Phi) is 5.69. The first kappa shape index (κ1) is 20.3. The van der Waals surface area contributed by atoms with Crippen LogP contribution in [0, 0.1) is 19.7 Å². The smallest absolute Gasteiger partial charge is 0.276 e. The number of thiophene rings is 1. The van der Waals surface area contributed by atoms with E-state index in [0.29, 0.717) is 26.6 Å². The second-order valence-electron chi connectivity index (χ2n) is 6.76. The molecule has 0 unspecified atom stereocenters. The van der Waals surface area contributed by atoms with Gasteiger partial charge in [0.1, 0.15) is 10.5 Å². The van der Waals surface area contributed by atoms with Gasteiger partial charge in [-0.3, -0.25) is 14.2 Å². The van der Waals surface area contributed by atoms with Crippen LogP contribution in [0.25, 0.3) is 15.9 Å². The number of thioether (sulfide) groups is 1. The van der Waals surface area contributed by atoms with Crippen LogP contribution in [-0.2, 0) is 4.79 Å². The van der Waals surface area contributed by atoms with E-state index in [-0.39, 0.29) is 23.0 Å². The largest absolute Gasteiger partial charge is 0.325 e. The molecule has 0 spiro atoms. The molecule has 2 heterocycles. The molecule has 152 valence electrons. The number of anilines is 1. The number of nitrogens with zero attached hydrogens (tertiary/aromatic N) is 2. The molecular weight excluding hydrogens is 421 g/mol. The van der Waals surface area contributed by atoms with Gasteiger partial charge < -0.3 is 5.32 Å². The van der Waals surface area contributed by atoms with Gasteiger partial charge in [-0.1, -0.05) is 36.0 Å². The number of benzene rings is 2. The van der Waals surface area contributed by atoms with Crippen LogP contribution in [0.1, 0.15) is 11.1 Å². The first-order valence-electron chi connectivity index (χ1n) is 9.19. The number of aromatic nitrogens is 2. The predicted octanol–water partition coefficient (Wildman–Crippen LogP) is 4.93. The summed E-state index contributed by atoms with van der Waals surface area (Å²) >= 11 is 2.51. The number of carbonyl (C=O) groups is 1.